The maximum atomic E-state index is 12.5. The van der Waals surface area contributed by atoms with Gasteiger partial charge in [0, 0.05) is 33.1 Å². The van der Waals surface area contributed by atoms with E-state index in [1.54, 1.807) is 6.20 Å². The zero-order valence-electron chi connectivity index (χ0n) is 11.1. The third-order valence-electron chi connectivity index (χ3n) is 2.57. The van der Waals surface area contributed by atoms with Crippen molar-refractivity contribution in [2.24, 2.45) is 0 Å². The van der Waals surface area contributed by atoms with Crippen molar-refractivity contribution in [1.29, 1.82) is 0 Å². The molecular weight excluding hydrogens is 442 g/mol. The van der Waals surface area contributed by atoms with E-state index in [4.69, 9.17) is 0 Å². The van der Waals surface area contributed by atoms with E-state index in [9.17, 15) is 8.42 Å². The maximum Gasteiger partial charge on any atom is 0.244 e. The molecule has 2 rings (SSSR count). The van der Waals surface area contributed by atoms with Crippen molar-refractivity contribution in [3.63, 3.8) is 0 Å². The molecule has 5 nitrogen and oxygen atoms in total. The normalized spacial score (nSPS) is 11.6. The molecule has 2 N–H and O–H groups in total. The second kappa shape index (κ2) is 7.19. The van der Waals surface area contributed by atoms with Gasteiger partial charge < -0.3 is 5.32 Å². The van der Waals surface area contributed by atoms with Gasteiger partial charge in [-0.15, -0.1) is 11.3 Å². The van der Waals surface area contributed by atoms with Gasteiger partial charge in [-0.05, 0) is 56.3 Å². The van der Waals surface area contributed by atoms with Crippen LogP contribution in [-0.2, 0) is 16.6 Å². The zero-order chi connectivity index (χ0) is 15.5. The first-order valence-electron chi connectivity index (χ1n) is 6.05. The quantitative estimate of drug-likeness (QED) is 0.699. The highest BCUT2D eigenvalue weighted by Gasteiger charge is 2.20. The number of rotatable bonds is 6. The van der Waals surface area contributed by atoms with Gasteiger partial charge in [0.15, 0.2) is 0 Å². The van der Waals surface area contributed by atoms with Crippen molar-refractivity contribution in [1.82, 2.24) is 9.71 Å². The van der Waals surface area contributed by atoms with E-state index in [1.807, 2.05) is 18.4 Å². The van der Waals surface area contributed by atoms with Crippen LogP contribution in [0.25, 0.3) is 0 Å². The van der Waals surface area contributed by atoms with Gasteiger partial charge in [0.1, 0.15) is 10.7 Å². The number of thiophene rings is 1. The molecule has 0 radical (unpaired) electrons. The van der Waals surface area contributed by atoms with Gasteiger partial charge in [-0.3, -0.25) is 0 Å². The molecule has 2 aromatic rings. The van der Waals surface area contributed by atoms with Crippen molar-refractivity contribution < 1.29 is 8.42 Å². The predicted molar refractivity (Wildman–Crippen MR) is 92.1 cm³/mol. The van der Waals surface area contributed by atoms with Gasteiger partial charge in [0.25, 0.3) is 0 Å². The number of nitrogens with zero attached hydrogens (tertiary/aromatic N) is 1. The van der Waals surface area contributed by atoms with E-state index in [0.29, 0.717) is 16.8 Å². The molecule has 9 heteroatoms. The lowest BCUT2D eigenvalue weighted by Crippen LogP contribution is -2.24. The highest BCUT2D eigenvalue weighted by atomic mass is 79.9. The minimum Gasteiger partial charge on any atom is -0.369 e. The summed E-state index contributed by atoms with van der Waals surface area (Å²) in [6.45, 7) is 2.71. The van der Waals surface area contributed by atoms with Crippen LogP contribution in [-0.4, -0.2) is 19.9 Å². The molecule has 2 heterocycles. The second-order valence-corrected chi connectivity index (χ2v) is 8.55. The summed E-state index contributed by atoms with van der Waals surface area (Å²) in [5.41, 5.74) is 0. The zero-order valence-corrected chi connectivity index (χ0v) is 15.9. The SMILES string of the molecule is CCNc1ncc(Br)cc1S(=O)(=O)NCc1sccc1Br. The van der Waals surface area contributed by atoms with E-state index in [0.717, 1.165) is 9.35 Å². The molecule has 0 saturated carbocycles. The van der Waals surface area contributed by atoms with Gasteiger partial charge in [-0.2, -0.15) is 0 Å². The van der Waals surface area contributed by atoms with Crippen molar-refractivity contribution in [2.45, 2.75) is 18.4 Å². The Morgan fingerprint density at radius 2 is 2.14 bits per heavy atom. The Labute approximate surface area is 144 Å². The molecule has 114 valence electrons. The molecule has 0 aliphatic heterocycles. The van der Waals surface area contributed by atoms with Crippen LogP contribution in [0.3, 0.4) is 0 Å². The number of hydrogen-bond acceptors (Lipinski definition) is 5. The molecule has 0 amide bonds. The van der Waals surface area contributed by atoms with Crippen molar-refractivity contribution in [2.75, 3.05) is 11.9 Å². The van der Waals surface area contributed by atoms with Crippen molar-refractivity contribution in [3.05, 3.63) is 37.5 Å². The average molecular weight is 455 g/mol. The van der Waals surface area contributed by atoms with E-state index >= 15 is 0 Å². The van der Waals surface area contributed by atoms with Gasteiger partial charge in [0.05, 0.1) is 0 Å². The van der Waals surface area contributed by atoms with Crippen LogP contribution in [0.5, 0.6) is 0 Å². The summed E-state index contributed by atoms with van der Waals surface area (Å²) in [7, 11) is -3.65. The largest absolute Gasteiger partial charge is 0.369 e. The summed E-state index contributed by atoms with van der Waals surface area (Å²) in [4.78, 5) is 5.17. The lowest BCUT2D eigenvalue weighted by Gasteiger charge is -2.11. The summed E-state index contributed by atoms with van der Waals surface area (Å²) in [6, 6.07) is 3.43. The first-order chi connectivity index (χ1) is 9.94. The summed E-state index contributed by atoms with van der Waals surface area (Å²) in [5, 5.41) is 4.86. The molecular formula is C12H13Br2N3O2S2. The minimum absolute atomic E-state index is 0.131. The first-order valence-corrected chi connectivity index (χ1v) is 10.00. The Morgan fingerprint density at radius 1 is 1.38 bits per heavy atom. The summed E-state index contributed by atoms with van der Waals surface area (Å²) in [6.07, 6.45) is 1.56. The smallest absolute Gasteiger partial charge is 0.244 e. The summed E-state index contributed by atoms with van der Waals surface area (Å²) >= 11 is 8.13. The van der Waals surface area contributed by atoms with Gasteiger partial charge in [0.2, 0.25) is 10.0 Å². The predicted octanol–water partition coefficient (Wildman–Crippen LogP) is 3.58. The number of halogens is 2. The molecule has 0 aliphatic rings. The molecule has 0 atom stereocenters. The number of sulfonamides is 1. The summed E-state index contributed by atoms with van der Waals surface area (Å²) < 4.78 is 29.0. The van der Waals surface area contributed by atoms with Crippen LogP contribution in [0.2, 0.25) is 0 Å². The highest BCUT2D eigenvalue weighted by Crippen LogP contribution is 2.25. The Morgan fingerprint density at radius 3 is 2.76 bits per heavy atom. The fourth-order valence-electron chi connectivity index (χ4n) is 1.62. The maximum absolute atomic E-state index is 12.5. The van der Waals surface area contributed by atoms with Crippen LogP contribution >= 0.6 is 43.2 Å². The standard InChI is InChI=1S/C12H13Br2N3O2S2/c1-2-15-12-11(5-8(13)6-16-12)21(18,19)17-7-10-9(14)3-4-20-10/h3-6,17H,2,7H2,1H3,(H,15,16). The van der Waals surface area contributed by atoms with Gasteiger partial charge in [-0.25, -0.2) is 18.1 Å². The molecule has 2 aromatic heterocycles. The Bertz CT molecular complexity index is 732. The first kappa shape index (κ1) is 16.9. The Balaban J connectivity index is 2.26. The number of aromatic nitrogens is 1. The number of anilines is 1. The third-order valence-corrected chi connectivity index (χ3v) is 6.34. The van der Waals surface area contributed by atoms with E-state index in [-0.39, 0.29) is 11.4 Å². The van der Waals surface area contributed by atoms with Crippen LogP contribution in [0.4, 0.5) is 5.82 Å². The lowest BCUT2D eigenvalue weighted by molar-refractivity contribution is 0.581. The molecule has 0 fully saturated rings. The van der Waals surface area contributed by atoms with E-state index in [1.165, 1.54) is 17.4 Å². The highest BCUT2D eigenvalue weighted by molar-refractivity contribution is 9.10. The number of hydrogen-bond donors (Lipinski definition) is 2. The molecule has 0 aliphatic carbocycles. The number of nitrogens with one attached hydrogen (secondary N) is 2. The summed E-state index contributed by atoms with van der Waals surface area (Å²) in [5.74, 6) is 0.346. The van der Waals surface area contributed by atoms with Crippen molar-refractivity contribution in [3.8, 4) is 0 Å². The topological polar surface area (TPSA) is 71.1 Å². The fourth-order valence-corrected chi connectivity index (χ4v) is 4.77. The Kier molecular flexibility index (Phi) is 5.78. The average Bonchev–Trinajstić information content (AvgIpc) is 2.84. The van der Waals surface area contributed by atoms with Crippen LogP contribution in [0.15, 0.2) is 37.6 Å². The molecule has 21 heavy (non-hydrogen) atoms. The molecule has 0 saturated heterocycles. The van der Waals surface area contributed by atoms with Crippen LogP contribution < -0.4 is 10.0 Å². The molecule has 0 bridgehead atoms. The lowest BCUT2D eigenvalue weighted by atomic mass is 10.4. The second-order valence-electron chi connectivity index (χ2n) is 4.05. The Hall–Kier alpha value is -0.480. The number of pyridine rings is 1. The van der Waals surface area contributed by atoms with Crippen LogP contribution in [0, 0.1) is 0 Å². The monoisotopic (exact) mass is 453 g/mol. The van der Waals surface area contributed by atoms with Gasteiger partial charge >= 0.3 is 0 Å². The molecule has 0 spiro atoms. The third kappa shape index (κ3) is 4.26. The molecule has 0 unspecified atom stereocenters. The fraction of sp³-hybridized carbons (Fsp3) is 0.250. The molecule has 0 aromatic carbocycles. The van der Waals surface area contributed by atoms with Crippen LogP contribution in [0.1, 0.15) is 11.8 Å². The van der Waals surface area contributed by atoms with E-state index in [2.05, 4.69) is 46.9 Å². The van der Waals surface area contributed by atoms with Gasteiger partial charge in [-0.1, -0.05) is 0 Å². The van der Waals surface area contributed by atoms with Crippen molar-refractivity contribution >= 4 is 59.0 Å². The minimum atomic E-state index is -3.65. The van der Waals surface area contributed by atoms with E-state index < -0.39 is 10.0 Å².